The molecule has 1 heterocycles. The largest absolute Gasteiger partial charge is 0.478 e. The predicted molar refractivity (Wildman–Crippen MR) is 61.3 cm³/mol. The van der Waals surface area contributed by atoms with Gasteiger partial charge < -0.3 is 10.2 Å². The van der Waals surface area contributed by atoms with Crippen LogP contribution in [0.3, 0.4) is 0 Å². The molecule has 0 bridgehead atoms. The van der Waals surface area contributed by atoms with E-state index in [1.54, 1.807) is 24.5 Å². The number of nitrogens with one attached hydrogen (secondary N) is 1. The number of hydrogen-bond acceptors (Lipinski definition) is 4. The molecular formula is C10H9ClN2O4. The van der Waals surface area contributed by atoms with Gasteiger partial charge in [0.05, 0.1) is 0 Å². The fourth-order valence-corrected chi connectivity index (χ4v) is 0.747. The van der Waals surface area contributed by atoms with Gasteiger partial charge in [-0.05, 0) is 12.1 Å². The summed E-state index contributed by atoms with van der Waals surface area (Å²) in [6.07, 6.45) is 4.31. The monoisotopic (exact) mass is 256 g/mol. The Morgan fingerprint density at radius 2 is 1.82 bits per heavy atom. The van der Waals surface area contributed by atoms with Crippen molar-refractivity contribution in [2.45, 2.75) is 0 Å². The predicted octanol–water partition coefficient (Wildman–Crippen LogP) is 1.36. The molecule has 0 aliphatic heterocycles. The summed E-state index contributed by atoms with van der Waals surface area (Å²) < 4.78 is 0. The van der Waals surface area contributed by atoms with Gasteiger partial charge in [-0.25, -0.2) is 9.59 Å². The zero-order valence-corrected chi connectivity index (χ0v) is 9.26. The van der Waals surface area contributed by atoms with Crippen LogP contribution >= 0.6 is 11.6 Å². The number of carboxylic acid groups (broad SMARTS) is 2. The Hall–Kier alpha value is -2.21. The Bertz CT molecular complexity index is 415. The fourth-order valence-electron chi connectivity index (χ4n) is 0.635. The van der Waals surface area contributed by atoms with E-state index in [0.717, 1.165) is 0 Å². The lowest BCUT2D eigenvalue weighted by Crippen LogP contribution is -1.91. The quantitative estimate of drug-likeness (QED) is 0.558. The Morgan fingerprint density at radius 1 is 1.29 bits per heavy atom. The van der Waals surface area contributed by atoms with Gasteiger partial charge in [0.15, 0.2) is 0 Å². The third kappa shape index (κ3) is 8.76. The molecule has 0 spiro atoms. The van der Waals surface area contributed by atoms with Gasteiger partial charge in [-0.15, -0.1) is 0 Å². The molecule has 90 valence electrons. The molecule has 7 heteroatoms. The summed E-state index contributed by atoms with van der Waals surface area (Å²) >= 11 is 5.35. The van der Waals surface area contributed by atoms with E-state index in [9.17, 15) is 9.59 Å². The second kappa shape index (κ2) is 8.00. The van der Waals surface area contributed by atoms with Gasteiger partial charge in [0.25, 0.3) is 0 Å². The highest BCUT2D eigenvalue weighted by Crippen LogP contribution is 1.98. The summed E-state index contributed by atoms with van der Waals surface area (Å²) in [6.45, 7) is 0. The summed E-state index contributed by atoms with van der Waals surface area (Å²) in [4.78, 5) is 22.9. The first kappa shape index (κ1) is 14.8. The molecule has 0 aromatic carbocycles. The average molecular weight is 257 g/mol. The molecule has 0 amide bonds. The minimum Gasteiger partial charge on any atom is -0.478 e. The van der Waals surface area contributed by atoms with Crippen LogP contribution in [-0.2, 0) is 9.59 Å². The lowest BCUT2D eigenvalue weighted by molar-refractivity contribution is -0.134. The van der Waals surface area contributed by atoms with Gasteiger partial charge in [-0.2, -0.15) is 0 Å². The van der Waals surface area contributed by atoms with E-state index in [-0.39, 0.29) is 5.17 Å². The summed E-state index contributed by atoms with van der Waals surface area (Å²) in [7, 11) is 0. The molecule has 6 nitrogen and oxygen atoms in total. The minimum absolute atomic E-state index is 0.0306. The number of carbonyl (C=O) groups is 2. The third-order valence-corrected chi connectivity index (χ3v) is 1.50. The van der Waals surface area contributed by atoms with Crippen LogP contribution in [-0.4, -0.2) is 32.3 Å². The molecule has 0 unspecified atom stereocenters. The van der Waals surface area contributed by atoms with Crippen molar-refractivity contribution in [3.63, 3.8) is 0 Å². The lowest BCUT2D eigenvalue weighted by Gasteiger charge is -1.89. The molecule has 0 saturated carbocycles. The van der Waals surface area contributed by atoms with Crippen molar-refractivity contribution in [3.8, 4) is 0 Å². The van der Waals surface area contributed by atoms with Gasteiger partial charge in [-0.1, -0.05) is 11.6 Å². The number of aliphatic carboxylic acids is 2. The Balaban J connectivity index is 0.000000304. The number of carboxylic acids is 2. The first-order valence-corrected chi connectivity index (χ1v) is 4.59. The van der Waals surface area contributed by atoms with Crippen LogP contribution < -0.4 is 0 Å². The second-order valence-electron chi connectivity index (χ2n) is 2.57. The van der Waals surface area contributed by atoms with Crippen molar-refractivity contribution in [2.24, 2.45) is 0 Å². The highest BCUT2D eigenvalue weighted by molar-refractivity contribution is 6.68. The van der Waals surface area contributed by atoms with Gasteiger partial charge in [-0.3, -0.25) is 10.4 Å². The number of nitrogens with zero attached hydrogens (tertiary/aromatic N) is 1. The van der Waals surface area contributed by atoms with Crippen LogP contribution in [0.25, 0.3) is 0 Å². The zero-order chi connectivity index (χ0) is 13.3. The summed E-state index contributed by atoms with van der Waals surface area (Å²) in [6, 6.07) is 3.48. The third-order valence-electron chi connectivity index (χ3n) is 1.28. The molecule has 0 aliphatic carbocycles. The first-order valence-electron chi connectivity index (χ1n) is 4.22. The fraction of sp³-hybridized carbons (Fsp3) is 0. The standard InChI is InChI=1S/C6H5ClN2.C4H4O4/c7-6(8)5-2-1-3-9-4-5;5-3(6)1-2-4(7)8/h1-4,8H;1-2H,(H,5,6)(H,7,8)/b;2-1-. The maximum Gasteiger partial charge on any atom is 0.328 e. The molecule has 1 aromatic rings. The van der Waals surface area contributed by atoms with Crippen LogP contribution in [0, 0.1) is 5.41 Å². The van der Waals surface area contributed by atoms with Crippen LogP contribution in [0.1, 0.15) is 5.56 Å². The summed E-state index contributed by atoms with van der Waals surface area (Å²) in [5, 5.41) is 22.6. The number of aromatic nitrogens is 1. The van der Waals surface area contributed by atoms with Crippen molar-refractivity contribution >= 4 is 28.7 Å². The maximum atomic E-state index is 9.55. The van der Waals surface area contributed by atoms with Gasteiger partial charge in [0.1, 0.15) is 5.17 Å². The Morgan fingerprint density at radius 3 is 2.06 bits per heavy atom. The summed E-state index contributed by atoms with van der Waals surface area (Å²) in [5.74, 6) is -2.51. The van der Waals surface area contributed by atoms with E-state index in [0.29, 0.717) is 17.7 Å². The molecule has 17 heavy (non-hydrogen) atoms. The summed E-state index contributed by atoms with van der Waals surface area (Å²) in [5.41, 5.74) is 0.652. The van der Waals surface area contributed by atoms with Crippen molar-refractivity contribution in [1.82, 2.24) is 4.98 Å². The molecule has 1 rings (SSSR count). The molecule has 0 fully saturated rings. The van der Waals surface area contributed by atoms with E-state index in [2.05, 4.69) is 4.98 Å². The van der Waals surface area contributed by atoms with Crippen molar-refractivity contribution < 1.29 is 19.8 Å². The van der Waals surface area contributed by atoms with E-state index in [4.69, 9.17) is 27.2 Å². The molecular weight excluding hydrogens is 248 g/mol. The van der Waals surface area contributed by atoms with E-state index < -0.39 is 11.9 Å². The van der Waals surface area contributed by atoms with Crippen molar-refractivity contribution in [2.75, 3.05) is 0 Å². The number of rotatable bonds is 3. The van der Waals surface area contributed by atoms with E-state index >= 15 is 0 Å². The average Bonchev–Trinajstić information content (AvgIpc) is 2.28. The Labute approximate surface area is 102 Å². The first-order chi connectivity index (χ1) is 7.93. The van der Waals surface area contributed by atoms with E-state index in [1.165, 1.54) is 0 Å². The molecule has 0 radical (unpaired) electrons. The molecule has 0 aliphatic rings. The van der Waals surface area contributed by atoms with Gasteiger partial charge in [0.2, 0.25) is 0 Å². The van der Waals surface area contributed by atoms with Gasteiger partial charge in [0, 0.05) is 30.1 Å². The van der Waals surface area contributed by atoms with Crippen molar-refractivity contribution in [3.05, 3.63) is 42.2 Å². The van der Waals surface area contributed by atoms with Crippen LogP contribution in [0.5, 0.6) is 0 Å². The topological polar surface area (TPSA) is 111 Å². The van der Waals surface area contributed by atoms with Crippen LogP contribution in [0.4, 0.5) is 0 Å². The second-order valence-corrected chi connectivity index (χ2v) is 2.94. The maximum absolute atomic E-state index is 9.55. The van der Waals surface area contributed by atoms with Gasteiger partial charge >= 0.3 is 11.9 Å². The molecule has 0 atom stereocenters. The molecule has 0 saturated heterocycles. The van der Waals surface area contributed by atoms with Crippen LogP contribution in [0.15, 0.2) is 36.7 Å². The highest BCUT2D eigenvalue weighted by Gasteiger charge is 1.92. The van der Waals surface area contributed by atoms with Crippen LogP contribution in [0.2, 0.25) is 0 Å². The molecule has 3 N–H and O–H groups in total. The zero-order valence-electron chi connectivity index (χ0n) is 8.50. The number of halogens is 1. The normalized spacial score (nSPS) is 9.24. The number of hydrogen-bond donors (Lipinski definition) is 3. The van der Waals surface area contributed by atoms with Crippen molar-refractivity contribution in [1.29, 1.82) is 5.41 Å². The highest BCUT2D eigenvalue weighted by atomic mass is 35.5. The molecule has 1 aromatic heterocycles. The minimum atomic E-state index is -1.26. The number of pyridine rings is 1. The van der Waals surface area contributed by atoms with E-state index in [1.807, 2.05) is 0 Å². The SMILES string of the molecule is N=C(Cl)c1cccnc1.O=C(O)/C=C\C(=O)O. The Kier molecular flexibility index (Phi) is 6.96. The smallest absolute Gasteiger partial charge is 0.328 e. The lowest BCUT2D eigenvalue weighted by atomic mass is 10.3.